The number of fused-ring (bicyclic) bond motifs is 1. The molecule has 0 spiro atoms. The van der Waals surface area contributed by atoms with Crippen molar-refractivity contribution in [3.8, 4) is 0 Å². The van der Waals surface area contributed by atoms with Gasteiger partial charge in [-0.2, -0.15) is 0 Å². The maximum absolute atomic E-state index is 12.4. The van der Waals surface area contributed by atoms with E-state index < -0.39 is 6.10 Å². The first-order chi connectivity index (χ1) is 8.43. The highest BCUT2D eigenvalue weighted by Crippen LogP contribution is 2.27. The van der Waals surface area contributed by atoms with Crippen molar-refractivity contribution >= 4 is 16.8 Å². The van der Waals surface area contributed by atoms with Gasteiger partial charge in [0.15, 0.2) is 5.76 Å². The van der Waals surface area contributed by atoms with Crippen LogP contribution in [0.4, 0.5) is 0 Å². The summed E-state index contributed by atoms with van der Waals surface area (Å²) in [5, 5.41) is 0.935. The largest absolute Gasteiger partial charge is 0.453 e. The van der Waals surface area contributed by atoms with Gasteiger partial charge in [-0.15, -0.1) is 0 Å². The topological polar surface area (TPSA) is 39.4 Å². The lowest BCUT2D eigenvalue weighted by Gasteiger charge is -2.27. The number of furan rings is 1. The van der Waals surface area contributed by atoms with E-state index in [1.54, 1.807) is 13.2 Å². The number of hydrogen-bond acceptors (Lipinski definition) is 3. The molecule has 1 atom stereocenters. The van der Waals surface area contributed by atoms with Gasteiger partial charge in [-0.3, -0.25) is 4.79 Å². The summed E-state index contributed by atoms with van der Waals surface area (Å²) in [6, 6.07) is 9.36. The molecule has 0 bridgehead atoms. The maximum atomic E-state index is 12.4. The Bertz CT molecular complexity index is 527. The van der Waals surface area contributed by atoms with Gasteiger partial charge >= 0.3 is 0 Å². The average Bonchev–Trinajstić information content (AvgIpc) is 2.71. The van der Waals surface area contributed by atoms with Crippen LogP contribution in [0.3, 0.4) is 0 Å². The molecule has 1 unspecified atom stereocenters. The van der Waals surface area contributed by atoms with E-state index in [0.29, 0.717) is 5.76 Å². The zero-order valence-electron chi connectivity index (χ0n) is 11.2. The number of carbonyl (C=O) groups is 1. The minimum absolute atomic E-state index is 0.110. The van der Waals surface area contributed by atoms with Crippen molar-refractivity contribution in [2.45, 2.75) is 26.9 Å². The lowest BCUT2D eigenvalue weighted by molar-refractivity contribution is 0.0176. The highest BCUT2D eigenvalue weighted by Gasteiger charge is 2.33. The van der Waals surface area contributed by atoms with Gasteiger partial charge in [0.2, 0.25) is 5.78 Å². The summed E-state index contributed by atoms with van der Waals surface area (Å²) in [6.07, 6.45) is -0.502. The Labute approximate surface area is 107 Å². The van der Waals surface area contributed by atoms with Crippen molar-refractivity contribution in [3.63, 3.8) is 0 Å². The van der Waals surface area contributed by atoms with Gasteiger partial charge in [0.25, 0.3) is 0 Å². The van der Waals surface area contributed by atoms with Gasteiger partial charge in [0.05, 0.1) is 0 Å². The number of Topliss-reactive ketones (excluding diaryl/α,β-unsaturated/α-hetero) is 1. The van der Waals surface area contributed by atoms with Crippen LogP contribution in [0, 0.1) is 5.41 Å². The van der Waals surface area contributed by atoms with Crippen LogP contribution in [-0.4, -0.2) is 19.0 Å². The Balaban J connectivity index is 2.38. The van der Waals surface area contributed by atoms with Crippen molar-refractivity contribution in [2.75, 3.05) is 7.11 Å². The van der Waals surface area contributed by atoms with Crippen LogP contribution in [-0.2, 0) is 4.74 Å². The van der Waals surface area contributed by atoms with E-state index in [1.165, 1.54) is 0 Å². The second kappa shape index (κ2) is 4.58. The minimum Gasteiger partial charge on any atom is -0.453 e. The van der Waals surface area contributed by atoms with Gasteiger partial charge in [0, 0.05) is 12.5 Å². The van der Waals surface area contributed by atoms with E-state index in [2.05, 4.69) is 0 Å². The molecule has 1 heterocycles. The molecule has 3 heteroatoms. The van der Waals surface area contributed by atoms with Crippen molar-refractivity contribution in [2.24, 2.45) is 5.41 Å². The van der Waals surface area contributed by atoms with Gasteiger partial charge in [-0.25, -0.2) is 0 Å². The number of ketones is 1. The molecule has 0 aliphatic heterocycles. The van der Waals surface area contributed by atoms with Crippen molar-refractivity contribution in [3.05, 3.63) is 36.1 Å². The number of para-hydroxylation sites is 1. The molecule has 0 saturated heterocycles. The van der Waals surface area contributed by atoms with E-state index in [-0.39, 0.29) is 11.2 Å². The molecular weight excluding hydrogens is 228 g/mol. The molecule has 2 aromatic rings. The Morgan fingerprint density at radius 3 is 2.50 bits per heavy atom. The van der Waals surface area contributed by atoms with Gasteiger partial charge in [-0.1, -0.05) is 39.0 Å². The number of rotatable bonds is 3. The fourth-order valence-electron chi connectivity index (χ4n) is 2.09. The van der Waals surface area contributed by atoms with Crippen LogP contribution in [0.1, 0.15) is 31.3 Å². The van der Waals surface area contributed by atoms with Crippen LogP contribution < -0.4 is 0 Å². The van der Waals surface area contributed by atoms with Crippen LogP contribution in [0.5, 0.6) is 0 Å². The second-order valence-corrected chi connectivity index (χ2v) is 5.49. The molecule has 0 N–H and O–H groups in total. The third-order valence-corrected chi connectivity index (χ3v) is 2.93. The molecule has 18 heavy (non-hydrogen) atoms. The minimum atomic E-state index is -0.502. The normalized spacial score (nSPS) is 13.8. The first-order valence-corrected chi connectivity index (χ1v) is 5.99. The summed E-state index contributed by atoms with van der Waals surface area (Å²) >= 11 is 0. The Hall–Kier alpha value is -1.61. The monoisotopic (exact) mass is 246 g/mol. The number of methoxy groups -OCH3 is 1. The van der Waals surface area contributed by atoms with Crippen LogP contribution in [0.2, 0.25) is 0 Å². The van der Waals surface area contributed by atoms with Gasteiger partial charge < -0.3 is 9.15 Å². The maximum Gasteiger partial charge on any atom is 0.227 e. The summed E-state index contributed by atoms with van der Waals surface area (Å²) < 4.78 is 10.9. The Kier molecular flexibility index (Phi) is 3.26. The lowest BCUT2D eigenvalue weighted by atomic mass is 9.86. The summed E-state index contributed by atoms with van der Waals surface area (Å²) in [7, 11) is 1.55. The quantitative estimate of drug-likeness (QED) is 0.775. The number of hydrogen-bond donors (Lipinski definition) is 0. The molecule has 2 rings (SSSR count). The molecule has 1 aromatic heterocycles. The number of carbonyl (C=O) groups excluding carboxylic acids is 1. The molecule has 0 amide bonds. The first kappa shape index (κ1) is 12.8. The molecule has 0 fully saturated rings. The predicted octanol–water partition coefficient (Wildman–Crippen LogP) is 3.68. The van der Waals surface area contributed by atoms with Gasteiger partial charge in [0.1, 0.15) is 11.7 Å². The molecule has 1 aromatic carbocycles. The van der Waals surface area contributed by atoms with E-state index in [1.807, 2.05) is 45.0 Å². The van der Waals surface area contributed by atoms with Crippen LogP contribution in [0.25, 0.3) is 11.0 Å². The number of ether oxygens (including phenoxy) is 1. The lowest BCUT2D eigenvalue weighted by Crippen LogP contribution is -2.36. The van der Waals surface area contributed by atoms with Crippen LogP contribution >= 0.6 is 0 Å². The van der Waals surface area contributed by atoms with E-state index in [4.69, 9.17) is 9.15 Å². The fourth-order valence-corrected chi connectivity index (χ4v) is 2.09. The second-order valence-electron chi connectivity index (χ2n) is 5.49. The predicted molar refractivity (Wildman–Crippen MR) is 70.8 cm³/mol. The standard InChI is InChI=1S/C15H18O3/c1-15(2,3)14(17-4)13(16)12-9-10-7-5-6-8-11(10)18-12/h5-9,14H,1-4H3. The zero-order chi connectivity index (χ0) is 13.3. The highest BCUT2D eigenvalue weighted by atomic mass is 16.5. The first-order valence-electron chi connectivity index (χ1n) is 5.99. The van der Waals surface area contributed by atoms with Crippen molar-refractivity contribution in [1.82, 2.24) is 0 Å². The smallest absolute Gasteiger partial charge is 0.227 e. The van der Waals surface area contributed by atoms with E-state index in [0.717, 1.165) is 11.0 Å². The van der Waals surface area contributed by atoms with Crippen molar-refractivity contribution in [1.29, 1.82) is 0 Å². The Morgan fingerprint density at radius 1 is 1.28 bits per heavy atom. The third kappa shape index (κ3) is 2.31. The molecular formula is C15H18O3. The zero-order valence-corrected chi connectivity index (χ0v) is 11.2. The molecule has 0 aliphatic rings. The summed E-state index contributed by atoms with van der Waals surface area (Å²) in [6.45, 7) is 5.92. The summed E-state index contributed by atoms with van der Waals surface area (Å²) in [4.78, 5) is 12.4. The summed E-state index contributed by atoms with van der Waals surface area (Å²) in [5.41, 5.74) is 0.467. The number of benzene rings is 1. The molecule has 96 valence electrons. The molecule has 0 saturated carbocycles. The van der Waals surface area contributed by atoms with Gasteiger partial charge in [-0.05, 0) is 17.5 Å². The SMILES string of the molecule is COC(C(=O)c1cc2ccccc2o1)C(C)(C)C. The molecule has 0 aliphatic carbocycles. The van der Waals surface area contributed by atoms with E-state index >= 15 is 0 Å². The Morgan fingerprint density at radius 2 is 1.94 bits per heavy atom. The van der Waals surface area contributed by atoms with E-state index in [9.17, 15) is 4.79 Å². The molecule has 3 nitrogen and oxygen atoms in total. The van der Waals surface area contributed by atoms with Crippen LogP contribution in [0.15, 0.2) is 34.7 Å². The average molecular weight is 246 g/mol. The molecule has 0 radical (unpaired) electrons. The van der Waals surface area contributed by atoms with Crippen molar-refractivity contribution < 1.29 is 13.9 Å². The summed E-state index contributed by atoms with van der Waals surface area (Å²) in [5.74, 6) is 0.249. The third-order valence-electron chi connectivity index (χ3n) is 2.93. The highest BCUT2D eigenvalue weighted by molar-refractivity contribution is 6.00. The fraction of sp³-hybridized carbons (Fsp3) is 0.400.